The molecule has 19 heavy (non-hydrogen) atoms. The van der Waals surface area contributed by atoms with Crippen LogP contribution in [0.5, 0.6) is 0 Å². The molecule has 2 bridgehead atoms. The minimum absolute atomic E-state index is 0.0422. The molecule has 2 aliphatic carbocycles. The minimum Gasteiger partial charge on any atom is -0.280 e. The molecular weight excluding hydrogens is 242 g/mol. The fourth-order valence-electron chi connectivity index (χ4n) is 4.00. The van der Waals surface area contributed by atoms with E-state index in [1.54, 1.807) is 0 Å². The molecule has 1 saturated heterocycles. The Balaban J connectivity index is 1.81. The van der Waals surface area contributed by atoms with Gasteiger partial charge in [0.15, 0.2) is 0 Å². The third-order valence-electron chi connectivity index (χ3n) is 4.78. The van der Waals surface area contributed by atoms with Crippen LogP contribution < -0.4 is 4.90 Å². The molecule has 0 radical (unpaired) electrons. The van der Waals surface area contributed by atoms with Crippen molar-refractivity contribution in [2.45, 2.75) is 20.3 Å². The van der Waals surface area contributed by atoms with Crippen LogP contribution in [0.15, 0.2) is 12.2 Å². The number of rotatable bonds is 1. The summed E-state index contributed by atoms with van der Waals surface area (Å²) in [6.07, 6.45) is 5.18. The van der Waals surface area contributed by atoms with Gasteiger partial charge in [-0.05, 0) is 32.1 Å². The van der Waals surface area contributed by atoms with Crippen molar-refractivity contribution < 1.29 is 9.59 Å². The number of amides is 2. The maximum Gasteiger partial charge on any atom is 0.238 e. The molecule has 1 aromatic heterocycles. The van der Waals surface area contributed by atoms with Crippen molar-refractivity contribution in [3.63, 3.8) is 0 Å². The van der Waals surface area contributed by atoms with E-state index in [4.69, 9.17) is 0 Å². The van der Waals surface area contributed by atoms with Gasteiger partial charge in [-0.25, -0.2) is 4.90 Å². The number of hydrogen-bond donors (Lipinski definition) is 1. The number of carbonyl (C=O) groups excluding carboxylic acids is 2. The van der Waals surface area contributed by atoms with E-state index in [9.17, 15) is 9.59 Å². The highest BCUT2D eigenvalue weighted by atomic mass is 16.2. The molecule has 2 fully saturated rings. The zero-order valence-electron chi connectivity index (χ0n) is 10.9. The number of aryl methyl sites for hydroxylation is 2. The van der Waals surface area contributed by atoms with Crippen LogP contribution >= 0.6 is 0 Å². The van der Waals surface area contributed by atoms with Gasteiger partial charge in [0.25, 0.3) is 0 Å². The highest BCUT2D eigenvalue weighted by Gasteiger charge is 2.60. The van der Waals surface area contributed by atoms with Gasteiger partial charge in [-0.15, -0.1) is 0 Å². The number of aromatic nitrogens is 2. The van der Waals surface area contributed by atoms with Crippen LogP contribution in [-0.2, 0) is 9.59 Å². The first-order chi connectivity index (χ1) is 9.09. The molecule has 2 heterocycles. The van der Waals surface area contributed by atoms with E-state index in [-0.39, 0.29) is 35.5 Å². The highest BCUT2D eigenvalue weighted by Crippen LogP contribution is 2.53. The molecule has 4 rings (SSSR count). The molecule has 1 N–H and O–H groups in total. The van der Waals surface area contributed by atoms with Crippen LogP contribution in [0.2, 0.25) is 0 Å². The van der Waals surface area contributed by atoms with Crippen LogP contribution in [0, 0.1) is 37.5 Å². The Morgan fingerprint density at radius 2 is 1.74 bits per heavy atom. The lowest BCUT2D eigenvalue weighted by molar-refractivity contribution is -0.123. The van der Waals surface area contributed by atoms with Gasteiger partial charge in [-0.2, -0.15) is 5.10 Å². The van der Waals surface area contributed by atoms with Gasteiger partial charge in [0.1, 0.15) is 0 Å². The van der Waals surface area contributed by atoms with Gasteiger partial charge in [-0.1, -0.05) is 12.2 Å². The van der Waals surface area contributed by atoms with Crippen molar-refractivity contribution in [2.75, 3.05) is 4.90 Å². The fraction of sp³-hybridized carbons (Fsp3) is 0.500. The molecule has 1 aromatic rings. The summed E-state index contributed by atoms with van der Waals surface area (Å²) in [6, 6.07) is 0. The molecule has 4 unspecified atom stereocenters. The Morgan fingerprint density at radius 3 is 2.21 bits per heavy atom. The van der Waals surface area contributed by atoms with Gasteiger partial charge in [-0.3, -0.25) is 14.7 Å². The van der Waals surface area contributed by atoms with Crippen molar-refractivity contribution in [3.8, 4) is 0 Å². The number of carbonyl (C=O) groups is 2. The number of nitrogens with one attached hydrogen (secondary N) is 1. The Bertz CT molecular complexity index is 581. The number of nitrogens with zero attached hydrogens (tertiary/aromatic N) is 2. The molecule has 1 aliphatic heterocycles. The second-order valence-electron chi connectivity index (χ2n) is 5.79. The summed E-state index contributed by atoms with van der Waals surface area (Å²) in [5.74, 6) is 0.138. The van der Waals surface area contributed by atoms with E-state index in [1.807, 2.05) is 13.8 Å². The quantitative estimate of drug-likeness (QED) is 0.610. The van der Waals surface area contributed by atoms with Crippen molar-refractivity contribution in [1.29, 1.82) is 0 Å². The third kappa shape index (κ3) is 1.18. The second kappa shape index (κ2) is 3.35. The largest absolute Gasteiger partial charge is 0.280 e. The molecule has 3 aliphatic rings. The molecule has 4 atom stereocenters. The van der Waals surface area contributed by atoms with Crippen LogP contribution in [0.4, 0.5) is 5.69 Å². The molecule has 2 amide bonds. The zero-order valence-corrected chi connectivity index (χ0v) is 10.9. The Kier molecular flexibility index (Phi) is 1.93. The number of anilines is 1. The van der Waals surface area contributed by atoms with E-state index in [0.717, 1.165) is 12.1 Å². The maximum atomic E-state index is 12.6. The third-order valence-corrected chi connectivity index (χ3v) is 4.78. The van der Waals surface area contributed by atoms with Crippen LogP contribution in [0.25, 0.3) is 0 Å². The van der Waals surface area contributed by atoms with Crippen molar-refractivity contribution >= 4 is 17.5 Å². The smallest absolute Gasteiger partial charge is 0.238 e. The maximum absolute atomic E-state index is 12.6. The van der Waals surface area contributed by atoms with Crippen LogP contribution in [-0.4, -0.2) is 22.0 Å². The van der Waals surface area contributed by atoms with Crippen molar-refractivity contribution in [3.05, 3.63) is 23.5 Å². The average molecular weight is 257 g/mol. The monoisotopic (exact) mass is 257 g/mol. The highest BCUT2D eigenvalue weighted by molar-refractivity contribution is 6.23. The van der Waals surface area contributed by atoms with Gasteiger partial charge in [0.05, 0.1) is 28.9 Å². The predicted molar refractivity (Wildman–Crippen MR) is 68.3 cm³/mol. The lowest BCUT2D eigenvalue weighted by Crippen LogP contribution is -2.33. The van der Waals surface area contributed by atoms with Gasteiger partial charge in [0.2, 0.25) is 11.8 Å². The lowest BCUT2D eigenvalue weighted by atomic mass is 9.85. The second-order valence-corrected chi connectivity index (χ2v) is 5.79. The number of allylic oxidation sites excluding steroid dienone is 2. The molecule has 0 spiro atoms. The average Bonchev–Trinajstić information content (AvgIpc) is 3.10. The Morgan fingerprint density at radius 1 is 1.16 bits per heavy atom. The summed E-state index contributed by atoms with van der Waals surface area (Å²) in [7, 11) is 0. The first-order valence-electron chi connectivity index (χ1n) is 6.67. The van der Waals surface area contributed by atoms with Crippen molar-refractivity contribution in [1.82, 2.24) is 10.2 Å². The van der Waals surface area contributed by atoms with Gasteiger partial charge in [0, 0.05) is 0 Å². The number of aromatic amines is 1. The normalized spacial score (nSPS) is 35.6. The van der Waals surface area contributed by atoms with E-state index < -0.39 is 0 Å². The van der Waals surface area contributed by atoms with E-state index in [1.165, 1.54) is 4.90 Å². The summed E-state index contributed by atoms with van der Waals surface area (Å²) in [4.78, 5) is 26.6. The molecular formula is C14H15N3O2. The fourth-order valence-corrected chi connectivity index (χ4v) is 4.00. The van der Waals surface area contributed by atoms with Crippen molar-refractivity contribution in [2.24, 2.45) is 23.7 Å². The first kappa shape index (κ1) is 11.0. The van der Waals surface area contributed by atoms with Crippen LogP contribution in [0.3, 0.4) is 0 Å². The SMILES string of the molecule is Cc1n[nH]c(C)c1N1C(=O)C2C3C=CC(C3)C2C1=O. The van der Waals surface area contributed by atoms with Crippen LogP contribution in [0.1, 0.15) is 17.8 Å². The predicted octanol–water partition coefficient (Wildman–Crippen LogP) is 1.34. The standard InChI is InChI=1S/C14H15N3O2/c1-6-12(7(2)16-15-6)17-13(18)10-8-3-4-9(5-8)11(10)14(17)19/h3-4,8-11H,5H2,1-2H3,(H,15,16). The molecule has 1 saturated carbocycles. The molecule has 5 heteroatoms. The lowest BCUT2D eigenvalue weighted by Gasteiger charge is -2.17. The zero-order chi connectivity index (χ0) is 13.3. The van der Waals surface area contributed by atoms with Gasteiger partial charge >= 0.3 is 0 Å². The summed E-state index contributed by atoms with van der Waals surface area (Å²) in [5, 5.41) is 6.94. The summed E-state index contributed by atoms with van der Waals surface area (Å²) >= 11 is 0. The Labute approximate surface area is 110 Å². The van der Waals surface area contributed by atoms with Gasteiger partial charge < -0.3 is 0 Å². The molecule has 98 valence electrons. The number of H-pyrrole nitrogens is 1. The molecule has 0 aromatic carbocycles. The summed E-state index contributed by atoms with van der Waals surface area (Å²) < 4.78 is 0. The molecule has 5 nitrogen and oxygen atoms in total. The first-order valence-corrected chi connectivity index (χ1v) is 6.67. The minimum atomic E-state index is -0.142. The number of hydrogen-bond acceptors (Lipinski definition) is 3. The van der Waals surface area contributed by atoms with E-state index in [2.05, 4.69) is 22.3 Å². The summed E-state index contributed by atoms with van der Waals surface area (Å²) in [5.41, 5.74) is 2.14. The topological polar surface area (TPSA) is 66.1 Å². The Hall–Kier alpha value is -1.91. The van der Waals surface area contributed by atoms with E-state index in [0.29, 0.717) is 11.4 Å². The summed E-state index contributed by atoms with van der Waals surface area (Å²) in [6.45, 7) is 3.66. The number of fused-ring (bicyclic) bond motifs is 5. The number of imide groups is 1. The van der Waals surface area contributed by atoms with E-state index >= 15 is 0 Å².